The summed E-state index contributed by atoms with van der Waals surface area (Å²) in [6.07, 6.45) is 12.9. The minimum atomic E-state index is -0.953. The van der Waals surface area contributed by atoms with Crippen molar-refractivity contribution in [3.8, 4) is 0 Å². The van der Waals surface area contributed by atoms with Gasteiger partial charge in [-0.05, 0) is 128 Å². The van der Waals surface area contributed by atoms with Crippen LogP contribution in [0.1, 0.15) is 139 Å². The van der Waals surface area contributed by atoms with Crippen LogP contribution in [0.4, 0.5) is 0 Å². The maximum atomic E-state index is 12.3. The molecule has 0 aromatic rings. The number of carboxylic acids is 1. The summed E-state index contributed by atoms with van der Waals surface area (Å²) in [6, 6.07) is 0. The summed E-state index contributed by atoms with van der Waals surface area (Å²) in [6.45, 7) is 19.5. The van der Waals surface area contributed by atoms with Gasteiger partial charge in [-0.3, -0.25) is 14.4 Å². The average Bonchev–Trinajstić information content (AvgIpc) is 3.29. The fourth-order valence-electron chi connectivity index (χ4n) is 13.0. The van der Waals surface area contributed by atoms with Crippen LogP contribution in [0.2, 0.25) is 0 Å². The highest BCUT2D eigenvalue weighted by Crippen LogP contribution is 2.78. The summed E-state index contributed by atoms with van der Waals surface area (Å²) < 4.78 is 11.6. The third-order valence-electron chi connectivity index (χ3n) is 15.2. The number of carbonyl (C=O) groups is 3. The first-order valence-electron chi connectivity index (χ1n) is 17.6. The van der Waals surface area contributed by atoms with Crippen LogP contribution in [0.25, 0.3) is 0 Å². The van der Waals surface area contributed by atoms with Crippen LogP contribution in [0, 0.1) is 62.6 Å². The van der Waals surface area contributed by atoms with Gasteiger partial charge in [-0.2, -0.15) is 0 Å². The topological polar surface area (TPSA) is 89.9 Å². The fourth-order valence-corrected chi connectivity index (χ4v) is 13.0. The Morgan fingerprint density at radius 3 is 2.19 bits per heavy atom. The van der Waals surface area contributed by atoms with Gasteiger partial charge < -0.3 is 14.6 Å². The largest absolute Gasteiger partial charge is 0.481 e. The highest BCUT2D eigenvalue weighted by molar-refractivity contribution is 5.76. The van der Waals surface area contributed by atoms with Crippen LogP contribution in [0.15, 0.2) is 0 Å². The van der Waals surface area contributed by atoms with E-state index in [0.29, 0.717) is 42.1 Å². The second kappa shape index (κ2) is 11.3. The summed E-state index contributed by atoms with van der Waals surface area (Å²) in [7, 11) is 0. The fraction of sp³-hybridized carbons (Fsp3) is 0.919. The van der Waals surface area contributed by atoms with Gasteiger partial charge in [-0.1, -0.05) is 48.5 Å². The molecule has 5 rings (SSSR count). The monoisotopic (exact) mass is 600 g/mol. The van der Waals surface area contributed by atoms with Crippen LogP contribution < -0.4 is 0 Å². The molecule has 0 unspecified atom stereocenters. The number of ether oxygens (including phenoxy) is 2. The molecule has 5 aliphatic carbocycles. The Balaban J connectivity index is 1.40. The molecule has 0 aliphatic heterocycles. The van der Waals surface area contributed by atoms with Crippen molar-refractivity contribution in [2.24, 2.45) is 62.6 Å². The van der Waals surface area contributed by atoms with E-state index < -0.39 is 5.97 Å². The summed E-state index contributed by atoms with van der Waals surface area (Å²) in [5.74, 6) is 2.45. The lowest BCUT2D eigenvalue weighted by Gasteiger charge is -2.73. The van der Waals surface area contributed by atoms with Gasteiger partial charge >= 0.3 is 17.9 Å². The number of carboxylic acid groups (broad SMARTS) is 1. The lowest BCUT2D eigenvalue weighted by Crippen LogP contribution is -2.66. The Labute approximate surface area is 260 Å². The molecule has 5 aliphatic rings. The lowest BCUT2D eigenvalue weighted by molar-refractivity contribution is -0.252. The van der Waals surface area contributed by atoms with Gasteiger partial charge in [0.15, 0.2) is 0 Å². The number of hydrogen-bond acceptors (Lipinski definition) is 5. The molecule has 6 nitrogen and oxygen atoms in total. The zero-order chi connectivity index (χ0) is 31.6. The lowest BCUT2D eigenvalue weighted by atomic mass is 9.32. The molecule has 0 aromatic heterocycles. The second-order valence-corrected chi connectivity index (χ2v) is 17.3. The van der Waals surface area contributed by atoms with E-state index in [1.807, 2.05) is 0 Å². The molecule has 6 heteroatoms. The minimum absolute atomic E-state index is 0.0122. The van der Waals surface area contributed by atoms with Crippen molar-refractivity contribution < 1.29 is 29.0 Å². The minimum Gasteiger partial charge on any atom is -0.481 e. The molecule has 0 spiro atoms. The Morgan fingerprint density at radius 2 is 1.53 bits per heavy atom. The molecule has 0 aromatic carbocycles. The zero-order valence-electron chi connectivity index (χ0n) is 28.4. The molecular formula is C37H60O6. The second-order valence-electron chi connectivity index (χ2n) is 17.3. The van der Waals surface area contributed by atoms with Gasteiger partial charge in [0, 0.05) is 12.3 Å². The SMILES string of the molecule is CC(=O)O[C@H]1CC[C@]2(C)[C@H]3CC[C@@H]4[C@H]5[C@H](C(C)C)CC[C@]5(CCOC(=O)CCC(=O)O)CC[C@@]4(C)[C@]3(C)CC[C@H]2C1(C)C. The standard InChI is InChI=1S/C37H60O6/c1-23(2)25-13-18-37(21-22-42-31(41)12-11-30(39)40)20-19-35(7)26(32(25)37)9-10-28-34(6)16-15-29(43-24(3)38)33(4,5)27(34)14-17-36(28,35)8/h23,25-29,32H,9-22H2,1-8H3,(H,39,40)/t25-,26+,27-,28+,29-,32+,34-,35+,36+,37+/m0/s1. The van der Waals surface area contributed by atoms with Crippen molar-refractivity contribution in [1.82, 2.24) is 0 Å². The van der Waals surface area contributed by atoms with Crippen LogP contribution in [0.3, 0.4) is 0 Å². The predicted molar refractivity (Wildman–Crippen MR) is 167 cm³/mol. The van der Waals surface area contributed by atoms with Crippen molar-refractivity contribution >= 4 is 17.9 Å². The average molecular weight is 601 g/mol. The van der Waals surface area contributed by atoms with Gasteiger partial charge in [0.2, 0.25) is 0 Å². The van der Waals surface area contributed by atoms with Crippen LogP contribution in [0.5, 0.6) is 0 Å². The summed E-state index contributed by atoms with van der Waals surface area (Å²) in [5, 5.41) is 8.96. The summed E-state index contributed by atoms with van der Waals surface area (Å²) in [5.41, 5.74) is 1.03. The smallest absolute Gasteiger partial charge is 0.306 e. The van der Waals surface area contributed by atoms with E-state index in [2.05, 4.69) is 48.5 Å². The Bertz CT molecular complexity index is 1100. The van der Waals surface area contributed by atoms with E-state index in [1.54, 1.807) is 6.92 Å². The first kappa shape index (κ1) is 32.8. The molecule has 10 atom stereocenters. The van der Waals surface area contributed by atoms with Crippen LogP contribution >= 0.6 is 0 Å². The molecule has 0 saturated heterocycles. The molecular weight excluding hydrogens is 540 g/mol. The van der Waals surface area contributed by atoms with Crippen LogP contribution in [-0.2, 0) is 23.9 Å². The molecule has 0 radical (unpaired) electrons. The quantitative estimate of drug-likeness (QED) is 0.281. The first-order chi connectivity index (χ1) is 20.0. The molecule has 0 heterocycles. The van der Waals surface area contributed by atoms with Gasteiger partial charge in [0.25, 0.3) is 0 Å². The molecule has 0 amide bonds. The van der Waals surface area contributed by atoms with Gasteiger partial charge in [-0.15, -0.1) is 0 Å². The number of carbonyl (C=O) groups excluding carboxylic acids is 2. The number of fused-ring (bicyclic) bond motifs is 7. The van der Waals surface area contributed by atoms with Gasteiger partial charge in [0.1, 0.15) is 6.10 Å². The third kappa shape index (κ3) is 5.17. The zero-order valence-corrected chi connectivity index (χ0v) is 28.4. The van der Waals surface area contributed by atoms with Crippen molar-refractivity contribution in [1.29, 1.82) is 0 Å². The summed E-state index contributed by atoms with van der Waals surface area (Å²) in [4.78, 5) is 35.2. The van der Waals surface area contributed by atoms with Crippen molar-refractivity contribution in [2.45, 2.75) is 145 Å². The Hall–Kier alpha value is -1.59. The molecule has 43 heavy (non-hydrogen) atoms. The van der Waals surface area contributed by atoms with Crippen molar-refractivity contribution in [3.05, 3.63) is 0 Å². The molecule has 5 fully saturated rings. The maximum Gasteiger partial charge on any atom is 0.306 e. The third-order valence-corrected chi connectivity index (χ3v) is 15.2. The normalized spacial score (nSPS) is 44.9. The number of hydrogen-bond donors (Lipinski definition) is 1. The van der Waals surface area contributed by atoms with E-state index >= 15 is 0 Å². The number of aliphatic carboxylic acids is 1. The van der Waals surface area contributed by atoms with E-state index in [4.69, 9.17) is 14.6 Å². The van der Waals surface area contributed by atoms with Crippen LogP contribution in [-0.4, -0.2) is 35.7 Å². The van der Waals surface area contributed by atoms with Gasteiger partial charge in [-0.25, -0.2) is 0 Å². The van der Waals surface area contributed by atoms with E-state index in [0.717, 1.165) is 19.3 Å². The van der Waals surface area contributed by atoms with Gasteiger partial charge in [0.05, 0.1) is 19.4 Å². The van der Waals surface area contributed by atoms with E-state index in [1.165, 1.54) is 51.4 Å². The Morgan fingerprint density at radius 1 is 0.814 bits per heavy atom. The molecule has 1 N–H and O–H groups in total. The van der Waals surface area contributed by atoms with E-state index in [-0.39, 0.29) is 58.0 Å². The predicted octanol–water partition coefficient (Wildman–Crippen LogP) is 8.45. The van der Waals surface area contributed by atoms with Crippen molar-refractivity contribution in [2.75, 3.05) is 6.61 Å². The van der Waals surface area contributed by atoms with Crippen molar-refractivity contribution in [3.63, 3.8) is 0 Å². The first-order valence-corrected chi connectivity index (χ1v) is 17.6. The molecule has 5 saturated carbocycles. The highest BCUT2D eigenvalue weighted by atomic mass is 16.5. The summed E-state index contributed by atoms with van der Waals surface area (Å²) >= 11 is 0. The Kier molecular flexibility index (Phi) is 8.64. The maximum absolute atomic E-state index is 12.3. The number of esters is 2. The molecule has 0 bridgehead atoms. The highest BCUT2D eigenvalue weighted by Gasteiger charge is 2.71. The molecule has 244 valence electrons. The number of rotatable bonds is 8. The van der Waals surface area contributed by atoms with E-state index in [9.17, 15) is 14.4 Å².